The number of aromatic nitrogens is 1. The lowest BCUT2D eigenvalue weighted by atomic mass is 10.0. The van der Waals surface area contributed by atoms with E-state index >= 15 is 0 Å². The summed E-state index contributed by atoms with van der Waals surface area (Å²) in [5.41, 5.74) is 6.80. The maximum Gasteiger partial charge on any atom is 0.249 e. The van der Waals surface area contributed by atoms with Gasteiger partial charge in [0.15, 0.2) is 21.5 Å². The molecule has 1 unspecified atom stereocenters. The zero-order valence-corrected chi connectivity index (χ0v) is 23.0. The van der Waals surface area contributed by atoms with E-state index in [2.05, 4.69) is 15.6 Å². The Balaban J connectivity index is 2.03. The molecule has 2 aromatic carbocycles. The number of rotatable bonds is 11. The fourth-order valence-corrected chi connectivity index (χ4v) is 5.07. The van der Waals surface area contributed by atoms with Crippen LogP contribution in [0.5, 0.6) is 5.75 Å². The number of benzene rings is 2. The summed E-state index contributed by atoms with van der Waals surface area (Å²) in [5, 5.41) is 5.55. The van der Waals surface area contributed by atoms with Crippen LogP contribution < -0.4 is 21.1 Å². The van der Waals surface area contributed by atoms with Gasteiger partial charge in [0, 0.05) is 32.4 Å². The van der Waals surface area contributed by atoms with E-state index in [0.29, 0.717) is 29.2 Å². The normalized spacial score (nSPS) is 11.9. The van der Waals surface area contributed by atoms with E-state index in [9.17, 15) is 22.4 Å². The number of nitrogens with one attached hydrogen (secondary N) is 2. The van der Waals surface area contributed by atoms with Gasteiger partial charge in [-0.15, -0.1) is 0 Å². The molecule has 12 heteroatoms. The zero-order valence-electron chi connectivity index (χ0n) is 22.2. The van der Waals surface area contributed by atoms with E-state index < -0.39 is 27.6 Å². The third-order valence-electron chi connectivity index (χ3n) is 5.85. The van der Waals surface area contributed by atoms with Crippen molar-refractivity contribution in [3.63, 3.8) is 0 Å². The molecule has 1 aromatic heterocycles. The first kappa shape index (κ1) is 29.4. The summed E-state index contributed by atoms with van der Waals surface area (Å²) >= 11 is 0. The number of nitrogen functional groups attached to an aromatic ring is 1. The van der Waals surface area contributed by atoms with E-state index in [1.807, 2.05) is 6.92 Å². The minimum atomic E-state index is -3.64. The molecule has 0 fully saturated rings. The van der Waals surface area contributed by atoms with Gasteiger partial charge >= 0.3 is 0 Å². The van der Waals surface area contributed by atoms with Crippen molar-refractivity contribution in [1.82, 2.24) is 9.88 Å². The summed E-state index contributed by atoms with van der Waals surface area (Å²) in [6.07, 6.45) is 1.32. The van der Waals surface area contributed by atoms with Gasteiger partial charge < -0.3 is 26.0 Å². The Morgan fingerprint density at radius 3 is 2.56 bits per heavy atom. The highest BCUT2D eigenvalue weighted by molar-refractivity contribution is 7.91. The molecular weight excluding hydrogens is 525 g/mol. The third-order valence-corrected chi connectivity index (χ3v) is 7.67. The Kier molecular flexibility index (Phi) is 9.47. The quantitative estimate of drug-likeness (QED) is 0.323. The molecule has 0 spiro atoms. The smallest absolute Gasteiger partial charge is 0.249 e. The molecule has 0 aliphatic carbocycles. The van der Waals surface area contributed by atoms with Crippen LogP contribution in [0.1, 0.15) is 37.9 Å². The van der Waals surface area contributed by atoms with E-state index in [1.54, 1.807) is 24.3 Å². The summed E-state index contributed by atoms with van der Waals surface area (Å²) in [4.78, 5) is 30.5. The Hall–Kier alpha value is -4.19. The van der Waals surface area contributed by atoms with Crippen LogP contribution in [0.2, 0.25) is 0 Å². The predicted octanol–water partition coefficient (Wildman–Crippen LogP) is 3.77. The van der Waals surface area contributed by atoms with Crippen molar-refractivity contribution in [3.8, 4) is 5.75 Å². The number of nitrogens with two attached hydrogens (primary N) is 1. The Bertz CT molecular complexity index is 1460. The average Bonchev–Trinajstić information content (AvgIpc) is 2.89. The first-order chi connectivity index (χ1) is 18.5. The lowest BCUT2D eigenvalue weighted by Crippen LogP contribution is -2.35. The SMILES string of the molecule is CCOc1cccc(C(Nc2ccnc(N)c2F)C(=O)N(C)Cc2cc(NC(C)=O)ccc2S(=O)(=O)CC)c1. The predicted molar refractivity (Wildman–Crippen MR) is 148 cm³/mol. The van der Waals surface area contributed by atoms with Gasteiger partial charge in [0.1, 0.15) is 11.8 Å². The third kappa shape index (κ3) is 7.23. The van der Waals surface area contributed by atoms with Gasteiger partial charge in [-0.2, -0.15) is 0 Å². The summed E-state index contributed by atoms with van der Waals surface area (Å²) in [5.74, 6) is -1.57. The highest BCUT2D eigenvalue weighted by Gasteiger charge is 2.28. The van der Waals surface area contributed by atoms with Crippen LogP contribution in [-0.2, 0) is 26.0 Å². The highest BCUT2D eigenvalue weighted by atomic mass is 32.2. The largest absolute Gasteiger partial charge is 0.494 e. The molecule has 0 aliphatic rings. The number of ether oxygens (including phenoxy) is 1. The number of hydrogen-bond acceptors (Lipinski definition) is 8. The van der Waals surface area contributed by atoms with Gasteiger partial charge in [0.25, 0.3) is 0 Å². The summed E-state index contributed by atoms with van der Waals surface area (Å²) in [6.45, 7) is 4.99. The molecule has 3 rings (SSSR count). The highest BCUT2D eigenvalue weighted by Crippen LogP contribution is 2.29. The summed E-state index contributed by atoms with van der Waals surface area (Å²) < 4.78 is 45.9. The minimum absolute atomic E-state index is 0.0297. The number of likely N-dealkylation sites (N-methyl/N-ethyl adjacent to an activating group) is 1. The molecule has 1 atom stereocenters. The maximum atomic E-state index is 14.8. The van der Waals surface area contributed by atoms with E-state index in [-0.39, 0.29) is 34.6 Å². The Morgan fingerprint density at radius 2 is 1.90 bits per heavy atom. The molecule has 2 amide bonds. The van der Waals surface area contributed by atoms with Crippen LogP contribution in [-0.4, -0.2) is 49.5 Å². The van der Waals surface area contributed by atoms with Gasteiger partial charge in [-0.25, -0.2) is 17.8 Å². The second kappa shape index (κ2) is 12.6. The van der Waals surface area contributed by atoms with Gasteiger partial charge in [-0.3, -0.25) is 9.59 Å². The number of amides is 2. The van der Waals surface area contributed by atoms with Crippen LogP contribution in [0.15, 0.2) is 59.6 Å². The van der Waals surface area contributed by atoms with Crippen molar-refractivity contribution in [1.29, 1.82) is 0 Å². The fraction of sp³-hybridized carbons (Fsp3) is 0.296. The number of carbonyl (C=O) groups is 2. The molecular formula is C27H32FN5O5S. The molecule has 3 aromatic rings. The second-order valence-corrected chi connectivity index (χ2v) is 11.0. The molecule has 10 nitrogen and oxygen atoms in total. The Morgan fingerprint density at radius 1 is 1.15 bits per heavy atom. The molecule has 4 N–H and O–H groups in total. The molecule has 208 valence electrons. The van der Waals surface area contributed by atoms with E-state index in [0.717, 1.165) is 0 Å². The minimum Gasteiger partial charge on any atom is -0.494 e. The number of carbonyl (C=O) groups excluding carboxylic acids is 2. The fourth-order valence-electron chi connectivity index (χ4n) is 3.96. The topological polar surface area (TPSA) is 144 Å². The molecule has 0 saturated heterocycles. The summed E-state index contributed by atoms with van der Waals surface area (Å²) in [6, 6.07) is 11.5. The van der Waals surface area contributed by atoms with Crippen molar-refractivity contribution in [2.75, 3.05) is 35.8 Å². The van der Waals surface area contributed by atoms with Crippen LogP contribution in [0.3, 0.4) is 0 Å². The number of pyridine rings is 1. The summed E-state index contributed by atoms with van der Waals surface area (Å²) in [7, 11) is -2.13. The molecule has 39 heavy (non-hydrogen) atoms. The lowest BCUT2D eigenvalue weighted by molar-refractivity contribution is -0.131. The van der Waals surface area contributed by atoms with E-state index in [4.69, 9.17) is 10.5 Å². The molecule has 0 saturated carbocycles. The Labute approximate surface area is 227 Å². The van der Waals surface area contributed by atoms with Gasteiger partial charge in [-0.05, 0) is 54.4 Å². The average molecular weight is 558 g/mol. The van der Waals surface area contributed by atoms with Crippen molar-refractivity contribution in [2.24, 2.45) is 0 Å². The number of anilines is 3. The second-order valence-electron chi connectivity index (χ2n) is 8.74. The number of hydrogen-bond donors (Lipinski definition) is 3. The first-order valence-electron chi connectivity index (χ1n) is 12.2. The van der Waals surface area contributed by atoms with Crippen molar-refractivity contribution in [3.05, 3.63) is 71.7 Å². The molecule has 0 bridgehead atoms. The zero-order chi connectivity index (χ0) is 28.7. The van der Waals surface area contributed by atoms with Gasteiger partial charge in [0.05, 0.1) is 22.9 Å². The standard InChI is InChI=1S/C27H32FN5O5S/c1-5-38-21-9-7-8-18(15-21)25(32-22-12-13-30-26(29)24(22)28)27(35)33(4)16-19-14-20(31-17(3)34)10-11-23(19)39(36,37)6-2/h7-15,25H,5-6,16H2,1-4H3,(H,31,34)(H3,29,30,32). The lowest BCUT2D eigenvalue weighted by Gasteiger charge is -2.27. The molecule has 0 aliphatic heterocycles. The van der Waals surface area contributed by atoms with Crippen LogP contribution >= 0.6 is 0 Å². The maximum absolute atomic E-state index is 14.8. The van der Waals surface area contributed by atoms with Crippen LogP contribution in [0.25, 0.3) is 0 Å². The van der Waals surface area contributed by atoms with Crippen LogP contribution in [0.4, 0.5) is 21.6 Å². The molecule has 0 radical (unpaired) electrons. The van der Waals surface area contributed by atoms with E-state index in [1.165, 1.54) is 56.3 Å². The first-order valence-corrected chi connectivity index (χ1v) is 13.9. The van der Waals surface area contributed by atoms with Crippen molar-refractivity contribution < 1.29 is 27.1 Å². The number of nitrogens with zero attached hydrogens (tertiary/aromatic N) is 2. The van der Waals surface area contributed by atoms with Crippen molar-refractivity contribution in [2.45, 2.75) is 38.3 Å². The van der Waals surface area contributed by atoms with Gasteiger partial charge in [0.2, 0.25) is 11.8 Å². The van der Waals surface area contributed by atoms with Crippen LogP contribution in [0, 0.1) is 5.82 Å². The number of sulfone groups is 1. The van der Waals surface area contributed by atoms with Crippen molar-refractivity contribution >= 4 is 38.8 Å². The van der Waals surface area contributed by atoms with Gasteiger partial charge in [-0.1, -0.05) is 19.1 Å². The molecule has 1 heterocycles. The monoisotopic (exact) mass is 557 g/mol. The number of halogens is 1.